The first-order valence-corrected chi connectivity index (χ1v) is 7.80. The molecule has 0 fully saturated rings. The summed E-state index contributed by atoms with van der Waals surface area (Å²) < 4.78 is 0. The van der Waals surface area contributed by atoms with E-state index >= 15 is 0 Å². The number of anilines is 1. The van der Waals surface area contributed by atoms with Gasteiger partial charge in [0.2, 0.25) is 0 Å². The molecule has 1 aliphatic carbocycles. The number of para-hydroxylation sites is 1. The first-order chi connectivity index (χ1) is 10.3. The van der Waals surface area contributed by atoms with Crippen LogP contribution in [0.15, 0.2) is 42.5 Å². The Morgan fingerprint density at radius 1 is 1.00 bits per heavy atom. The predicted molar refractivity (Wildman–Crippen MR) is 90.1 cm³/mol. The molecule has 0 saturated carbocycles. The highest BCUT2D eigenvalue weighted by atomic mass is 15.1. The second-order valence-electron chi connectivity index (χ2n) is 5.68. The van der Waals surface area contributed by atoms with Gasteiger partial charge in [-0.15, -0.1) is 0 Å². The van der Waals surface area contributed by atoms with E-state index in [-0.39, 0.29) is 0 Å². The van der Waals surface area contributed by atoms with Crippen LogP contribution in [0.3, 0.4) is 0 Å². The number of fused-ring (bicyclic) bond motifs is 5. The first kappa shape index (κ1) is 12.5. The van der Waals surface area contributed by atoms with Crippen molar-refractivity contribution >= 4 is 16.6 Å². The Labute approximate surface area is 125 Å². The fraction of sp³-hybridized carbons (Fsp3) is 0.263. The Hall–Kier alpha value is -2.22. The van der Waals surface area contributed by atoms with Crippen LogP contribution in [-0.4, -0.2) is 18.1 Å². The van der Waals surface area contributed by atoms with Crippen molar-refractivity contribution in [1.29, 1.82) is 0 Å². The van der Waals surface area contributed by atoms with E-state index in [2.05, 4.69) is 66.2 Å². The van der Waals surface area contributed by atoms with Crippen molar-refractivity contribution in [3.63, 3.8) is 0 Å². The van der Waals surface area contributed by atoms with Crippen LogP contribution in [0.25, 0.3) is 22.2 Å². The topological polar surface area (TPSA) is 19.0 Å². The van der Waals surface area contributed by atoms with Crippen LogP contribution in [0.4, 0.5) is 5.69 Å². The molecule has 0 radical (unpaired) electrons. The summed E-state index contributed by atoms with van der Waals surface area (Å²) in [6.07, 6.45) is 1.05. The molecule has 1 heterocycles. The maximum absolute atomic E-state index is 3.65. The van der Waals surface area contributed by atoms with Crippen LogP contribution in [0.2, 0.25) is 0 Å². The van der Waals surface area contributed by atoms with Gasteiger partial charge in [-0.3, -0.25) is 0 Å². The monoisotopic (exact) mass is 276 g/mol. The Bertz CT molecular complexity index is 810. The van der Waals surface area contributed by atoms with Gasteiger partial charge in [-0.2, -0.15) is 0 Å². The minimum absolute atomic E-state index is 1.04. The molecule has 0 aliphatic heterocycles. The zero-order valence-corrected chi connectivity index (χ0v) is 12.6. The second-order valence-corrected chi connectivity index (χ2v) is 5.68. The maximum atomic E-state index is 3.65. The maximum Gasteiger partial charge on any atom is 0.0524 e. The minimum atomic E-state index is 1.04. The summed E-state index contributed by atoms with van der Waals surface area (Å²) in [6, 6.07) is 15.4. The van der Waals surface area contributed by atoms with E-state index in [1.165, 1.54) is 39.0 Å². The molecule has 2 heteroatoms. The third-order valence-electron chi connectivity index (χ3n) is 4.66. The van der Waals surface area contributed by atoms with Gasteiger partial charge in [0.05, 0.1) is 5.69 Å². The molecule has 0 unspecified atom stereocenters. The van der Waals surface area contributed by atoms with Gasteiger partial charge >= 0.3 is 0 Å². The van der Waals surface area contributed by atoms with E-state index in [9.17, 15) is 0 Å². The predicted octanol–water partition coefficient (Wildman–Crippen LogP) is 4.59. The van der Waals surface area contributed by atoms with Gasteiger partial charge in [-0.1, -0.05) is 30.3 Å². The molecule has 21 heavy (non-hydrogen) atoms. The fourth-order valence-corrected chi connectivity index (χ4v) is 3.64. The van der Waals surface area contributed by atoms with Crippen LogP contribution >= 0.6 is 0 Å². The van der Waals surface area contributed by atoms with Crippen LogP contribution in [-0.2, 0) is 6.42 Å². The lowest BCUT2D eigenvalue weighted by Gasteiger charge is -2.24. The highest BCUT2D eigenvalue weighted by Crippen LogP contribution is 2.45. The number of rotatable bonds is 3. The van der Waals surface area contributed by atoms with Crippen LogP contribution in [0.1, 0.15) is 25.0 Å². The normalized spacial score (nSPS) is 12.5. The summed E-state index contributed by atoms with van der Waals surface area (Å²) in [5.41, 5.74) is 8.26. The van der Waals surface area contributed by atoms with Crippen molar-refractivity contribution in [3.05, 3.63) is 53.6 Å². The molecule has 3 aromatic rings. The van der Waals surface area contributed by atoms with E-state index in [1.807, 2.05) is 0 Å². The van der Waals surface area contributed by atoms with Gasteiger partial charge in [0.15, 0.2) is 0 Å². The quantitative estimate of drug-likeness (QED) is 0.580. The minimum Gasteiger partial charge on any atom is -0.372 e. The summed E-state index contributed by atoms with van der Waals surface area (Å²) in [5, 5.41) is 1.37. The third-order valence-corrected chi connectivity index (χ3v) is 4.66. The molecule has 2 aromatic carbocycles. The zero-order valence-electron chi connectivity index (χ0n) is 12.6. The van der Waals surface area contributed by atoms with Gasteiger partial charge < -0.3 is 9.88 Å². The lowest BCUT2D eigenvalue weighted by atomic mass is 10.1. The Kier molecular flexibility index (Phi) is 2.78. The summed E-state index contributed by atoms with van der Waals surface area (Å²) in [6.45, 7) is 6.54. The smallest absolute Gasteiger partial charge is 0.0524 e. The SMILES string of the molecule is CCN(CC)c1cccc2c1-c1[nH]c3ccccc3c1C2. The lowest BCUT2D eigenvalue weighted by molar-refractivity contribution is 0.867. The molecular formula is C19H20N2. The molecule has 4 rings (SSSR count). The third kappa shape index (κ3) is 1.72. The van der Waals surface area contributed by atoms with Gasteiger partial charge in [-0.05, 0) is 37.1 Å². The van der Waals surface area contributed by atoms with Crippen molar-refractivity contribution in [3.8, 4) is 11.3 Å². The number of aromatic nitrogens is 1. The van der Waals surface area contributed by atoms with Crippen LogP contribution < -0.4 is 4.90 Å². The molecule has 0 spiro atoms. The van der Waals surface area contributed by atoms with Crippen molar-refractivity contribution < 1.29 is 0 Å². The van der Waals surface area contributed by atoms with E-state index in [0.717, 1.165) is 19.5 Å². The summed E-state index contributed by atoms with van der Waals surface area (Å²) in [7, 11) is 0. The van der Waals surface area contributed by atoms with Crippen LogP contribution in [0.5, 0.6) is 0 Å². The molecule has 0 amide bonds. The van der Waals surface area contributed by atoms with E-state index in [0.29, 0.717) is 0 Å². The Morgan fingerprint density at radius 3 is 2.62 bits per heavy atom. The molecule has 106 valence electrons. The van der Waals surface area contributed by atoms with Crippen molar-refractivity contribution in [1.82, 2.24) is 4.98 Å². The van der Waals surface area contributed by atoms with E-state index in [1.54, 1.807) is 0 Å². The Morgan fingerprint density at radius 2 is 1.81 bits per heavy atom. The number of nitrogens with one attached hydrogen (secondary N) is 1. The zero-order chi connectivity index (χ0) is 14.4. The number of nitrogens with zero attached hydrogens (tertiary/aromatic N) is 1. The number of aromatic amines is 1. The first-order valence-electron chi connectivity index (χ1n) is 7.80. The summed E-state index contributed by atoms with van der Waals surface area (Å²) in [4.78, 5) is 6.09. The van der Waals surface area contributed by atoms with Crippen LogP contribution in [0, 0.1) is 0 Å². The fourth-order valence-electron chi connectivity index (χ4n) is 3.64. The number of hydrogen-bond donors (Lipinski definition) is 1. The molecule has 1 aromatic heterocycles. The average molecular weight is 276 g/mol. The number of hydrogen-bond acceptors (Lipinski definition) is 1. The lowest BCUT2D eigenvalue weighted by Crippen LogP contribution is -2.22. The summed E-state index contributed by atoms with van der Waals surface area (Å²) >= 11 is 0. The van der Waals surface area contributed by atoms with Gasteiger partial charge in [0, 0.05) is 41.7 Å². The van der Waals surface area contributed by atoms with Gasteiger partial charge in [0.1, 0.15) is 0 Å². The number of H-pyrrole nitrogens is 1. The molecule has 1 aliphatic rings. The summed E-state index contributed by atoms with van der Waals surface area (Å²) in [5.74, 6) is 0. The molecule has 1 N–H and O–H groups in total. The van der Waals surface area contributed by atoms with Gasteiger partial charge in [0.25, 0.3) is 0 Å². The number of benzene rings is 2. The largest absolute Gasteiger partial charge is 0.372 e. The standard InChI is InChI=1S/C19H20N2/c1-3-21(4-2)17-11-7-8-13-12-15-14-9-5-6-10-16(14)20-19(15)18(13)17/h5-11,20H,3-4,12H2,1-2H3. The van der Waals surface area contributed by atoms with Crippen molar-refractivity contribution in [2.45, 2.75) is 20.3 Å². The average Bonchev–Trinajstić information content (AvgIpc) is 3.04. The second kappa shape index (κ2) is 4.66. The van der Waals surface area contributed by atoms with E-state index in [4.69, 9.17) is 0 Å². The molecule has 0 bridgehead atoms. The molecule has 2 nitrogen and oxygen atoms in total. The van der Waals surface area contributed by atoms with Gasteiger partial charge in [-0.25, -0.2) is 0 Å². The van der Waals surface area contributed by atoms with E-state index < -0.39 is 0 Å². The van der Waals surface area contributed by atoms with Crippen molar-refractivity contribution in [2.75, 3.05) is 18.0 Å². The molecule has 0 saturated heterocycles. The van der Waals surface area contributed by atoms with Crippen molar-refractivity contribution in [2.24, 2.45) is 0 Å². The molecular weight excluding hydrogens is 256 g/mol. The highest BCUT2D eigenvalue weighted by molar-refractivity contribution is 5.97. The highest BCUT2D eigenvalue weighted by Gasteiger charge is 2.26. The molecule has 0 atom stereocenters. The Balaban J connectivity index is 1.98.